The van der Waals surface area contributed by atoms with Crippen molar-refractivity contribution in [3.05, 3.63) is 58.0 Å². The summed E-state index contributed by atoms with van der Waals surface area (Å²) in [5.41, 5.74) is 2.71. The van der Waals surface area contributed by atoms with Crippen molar-refractivity contribution in [2.75, 3.05) is 13.2 Å². The second-order valence-corrected chi connectivity index (χ2v) is 6.43. The summed E-state index contributed by atoms with van der Waals surface area (Å²) in [6.07, 6.45) is 1.87. The predicted molar refractivity (Wildman–Crippen MR) is 84.0 cm³/mol. The maximum Gasteiger partial charge on any atom is 0.182 e. The zero-order valence-electron chi connectivity index (χ0n) is 10.9. The topological polar surface area (TPSA) is 48.3 Å². The number of halogens is 1. The van der Waals surface area contributed by atoms with Gasteiger partial charge in [-0.1, -0.05) is 30.3 Å². The SMILES string of the molecule is O=S1C=CC2=C1N1CN(Cl)N=C1C(c1ccccc1)=NC2. The Bertz CT molecular complexity index is 753. The van der Waals surface area contributed by atoms with E-state index in [9.17, 15) is 4.21 Å². The van der Waals surface area contributed by atoms with Gasteiger partial charge in [-0.3, -0.25) is 9.89 Å². The third-order valence-corrected chi connectivity index (χ3v) is 4.92. The van der Waals surface area contributed by atoms with Crippen molar-refractivity contribution in [3.63, 3.8) is 0 Å². The molecule has 0 radical (unpaired) electrons. The summed E-state index contributed by atoms with van der Waals surface area (Å²) in [6, 6.07) is 9.85. The van der Waals surface area contributed by atoms with Gasteiger partial charge in [0.1, 0.15) is 17.4 Å². The standard InChI is InChI=1S/C14H11ClN4OS/c15-19-9-18-13(17-19)12(10-4-2-1-3-5-10)16-8-11-6-7-21(20)14(11)18/h1-7H,8-9H2. The number of benzene rings is 1. The van der Waals surface area contributed by atoms with Crippen LogP contribution in [-0.4, -0.2) is 38.4 Å². The first-order chi connectivity index (χ1) is 10.2. The summed E-state index contributed by atoms with van der Waals surface area (Å²) in [7, 11) is -1.16. The molecule has 5 nitrogen and oxygen atoms in total. The monoisotopic (exact) mass is 318 g/mol. The molecule has 21 heavy (non-hydrogen) atoms. The third kappa shape index (κ3) is 2.02. The average molecular weight is 319 g/mol. The molecule has 1 aromatic carbocycles. The van der Waals surface area contributed by atoms with Crippen LogP contribution in [0.1, 0.15) is 5.56 Å². The highest BCUT2D eigenvalue weighted by atomic mass is 35.5. The van der Waals surface area contributed by atoms with E-state index < -0.39 is 10.8 Å². The fraction of sp³-hybridized carbons (Fsp3) is 0.143. The molecule has 7 heteroatoms. The van der Waals surface area contributed by atoms with E-state index in [4.69, 9.17) is 11.8 Å². The molecule has 0 spiro atoms. The minimum atomic E-state index is -1.16. The van der Waals surface area contributed by atoms with Crippen LogP contribution in [0.5, 0.6) is 0 Å². The lowest BCUT2D eigenvalue weighted by Crippen LogP contribution is -2.34. The van der Waals surface area contributed by atoms with Crippen molar-refractivity contribution in [2.45, 2.75) is 0 Å². The maximum absolute atomic E-state index is 12.2. The molecule has 106 valence electrons. The molecular weight excluding hydrogens is 308 g/mol. The average Bonchev–Trinajstić information content (AvgIpc) is 3.00. The van der Waals surface area contributed by atoms with E-state index in [0.717, 1.165) is 21.9 Å². The highest BCUT2D eigenvalue weighted by Gasteiger charge is 2.36. The molecule has 3 aliphatic heterocycles. The van der Waals surface area contributed by atoms with Gasteiger partial charge in [-0.15, -0.1) is 5.10 Å². The molecule has 0 bridgehead atoms. The van der Waals surface area contributed by atoms with Crippen LogP contribution in [0.4, 0.5) is 0 Å². The Labute approximate surface area is 129 Å². The fourth-order valence-corrected chi connectivity index (χ4v) is 3.92. The molecule has 0 saturated heterocycles. The Balaban J connectivity index is 1.85. The Morgan fingerprint density at radius 2 is 2.05 bits per heavy atom. The quantitative estimate of drug-likeness (QED) is 0.744. The minimum absolute atomic E-state index is 0.370. The van der Waals surface area contributed by atoms with E-state index in [0.29, 0.717) is 19.0 Å². The Morgan fingerprint density at radius 3 is 2.86 bits per heavy atom. The second-order valence-electron chi connectivity index (χ2n) is 4.79. The van der Waals surface area contributed by atoms with Gasteiger partial charge >= 0.3 is 0 Å². The minimum Gasteiger partial charge on any atom is -0.293 e. The molecule has 1 atom stereocenters. The predicted octanol–water partition coefficient (Wildman–Crippen LogP) is 2.02. The van der Waals surface area contributed by atoms with Crippen molar-refractivity contribution in [1.82, 2.24) is 9.43 Å². The first-order valence-corrected chi connectivity index (χ1v) is 8.01. The van der Waals surface area contributed by atoms with Gasteiger partial charge in [0, 0.05) is 28.3 Å². The molecule has 3 heterocycles. The van der Waals surface area contributed by atoms with Gasteiger partial charge in [0.25, 0.3) is 0 Å². The molecule has 0 fully saturated rings. The third-order valence-electron chi connectivity index (χ3n) is 3.49. The van der Waals surface area contributed by atoms with Crippen molar-refractivity contribution in [1.29, 1.82) is 0 Å². The van der Waals surface area contributed by atoms with Gasteiger partial charge in [-0.2, -0.15) is 4.53 Å². The Morgan fingerprint density at radius 1 is 1.24 bits per heavy atom. The molecular formula is C14H11ClN4OS. The van der Waals surface area contributed by atoms with Gasteiger partial charge in [0.2, 0.25) is 0 Å². The van der Waals surface area contributed by atoms with E-state index >= 15 is 0 Å². The number of aliphatic imine (C=N–C) groups is 1. The number of nitrogens with zero attached hydrogens (tertiary/aromatic N) is 4. The van der Waals surface area contributed by atoms with Gasteiger partial charge in [-0.25, -0.2) is 4.21 Å². The summed E-state index contributed by atoms with van der Waals surface area (Å²) < 4.78 is 13.5. The van der Waals surface area contributed by atoms with Crippen LogP contribution < -0.4 is 0 Å². The summed E-state index contributed by atoms with van der Waals surface area (Å²) in [5, 5.41) is 6.76. The van der Waals surface area contributed by atoms with Crippen LogP contribution in [0.15, 0.2) is 62.5 Å². The van der Waals surface area contributed by atoms with Crippen molar-refractivity contribution < 1.29 is 4.21 Å². The Hall–Kier alpha value is -1.92. The lowest BCUT2D eigenvalue weighted by atomic mass is 10.1. The maximum atomic E-state index is 12.2. The summed E-state index contributed by atoms with van der Waals surface area (Å²) in [6.45, 7) is 0.870. The van der Waals surface area contributed by atoms with E-state index in [1.165, 1.54) is 4.53 Å². The smallest absolute Gasteiger partial charge is 0.182 e. The summed E-state index contributed by atoms with van der Waals surface area (Å²) >= 11 is 6.04. The molecule has 0 saturated carbocycles. The second kappa shape index (κ2) is 4.82. The van der Waals surface area contributed by atoms with E-state index in [1.54, 1.807) is 5.41 Å². The molecule has 0 amide bonds. The number of rotatable bonds is 1. The normalized spacial score (nSPS) is 23.8. The number of amidine groups is 1. The number of hydrazone groups is 1. The highest BCUT2D eigenvalue weighted by Crippen LogP contribution is 2.30. The van der Waals surface area contributed by atoms with Gasteiger partial charge in [0.05, 0.1) is 17.3 Å². The number of hydrogen-bond donors (Lipinski definition) is 0. The zero-order valence-corrected chi connectivity index (χ0v) is 12.5. The van der Waals surface area contributed by atoms with E-state index in [-0.39, 0.29) is 0 Å². The van der Waals surface area contributed by atoms with Crippen molar-refractivity contribution >= 4 is 34.1 Å². The van der Waals surface area contributed by atoms with Gasteiger partial charge in [0.15, 0.2) is 5.84 Å². The van der Waals surface area contributed by atoms with Gasteiger partial charge in [-0.05, 0) is 6.08 Å². The van der Waals surface area contributed by atoms with E-state index in [1.807, 2.05) is 41.3 Å². The lowest BCUT2D eigenvalue weighted by Gasteiger charge is -2.20. The Kier molecular flexibility index (Phi) is 2.94. The molecule has 1 unspecified atom stereocenters. The summed E-state index contributed by atoms with van der Waals surface area (Å²) in [5.74, 6) is 0.651. The van der Waals surface area contributed by atoms with Crippen LogP contribution in [0.3, 0.4) is 0 Å². The molecule has 4 rings (SSSR count). The highest BCUT2D eigenvalue weighted by molar-refractivity contribution is 7.92. The van der Waals surface area contributed by atoms with Crippen LogP contribution in [-0.2, 0) is 10.8 Å². The number of hydrogen-bond acceptors (Lipinski definition) is 5. The van der Waals surface area contributed by atoms with Crippen LogP contribution in [0, 0.1) is 0 Å². The molecule has 0 aliphatic carbocycles. The zero-order chi connectivity index (χ0) is 14.4. The fourth-order valence-electron chi connectivity index (χ4n) is 2.57. The van der Waals surface area contributed by atoms with Crippen LogP contribution in [0.25, 0.3) is 0 Å². The molecule has 0 N–H and O–H groups in total. The first-order valence-electron chi connectivity index (χ1n) is 6.45. The van der Waals surface area contributed by atoms with Crippen LogP contribution >= 0.6 is 11.8 Å². The number of fused-ring (bicyclic) bond motifs is 2. The lowest BCUT2D eigenvalue weighted by molar-refractivity contribution is 0.408. The van der Waals surface area contributed by atoms with Crippen molar-refractivity contribution in [2.24, 2.45) is 10.1 Å². The molecule has 1 aromatic rings. The first kappa shape index (κ1) is 12.8. The summed E-state index contributed by atoms with van der Waals surface area (Å²) in [4.78, 5) is 6.55. The van der Waals surface area contributed by atoms with Crippen molar-refractivity contribution in [3.8, 4) is 0 Å². The van der Waals surface area contributed by atoms with Crippen LogP contribution in [0.2, 0.25) is 0 Å². The molecule has 0 aromatic heterocycles. The van der Waals surface area contributed by atoms with E-state index in [2.05, 4.69) is 10.1 Å². The largest absolute Gasteiger partial charge is 0.293 e. The molecule has 3 aliphatic rings. The van der Waals surface area contributed by atoms with Gasteiger partial charge < -0.3 is 0 Å².